The molecule has 3 aromatic rings. The number of anilines is 1. The quantitative estimate of drug-likeness (QED) is 0.377. The molecule has 40 heavy (non-hydrogen) atoms. The summed E-state index contributed by atoms with van der Waals surface area (Å²) in [5, 5.41) is 18.9. The largest absolute Gasteiger partial charge is 0.496 e. The summed E-state index contributed by atoms with van der Waals surface area (Å²) in [5.74, 6) is -2.09. The first kappa shape index (κ1) is 31.8. The van der Waals surface area contributed by atoms with Crippen LogP contribution in [-0.2, 0) is 11.3 Å². The molecule has 0 saturated carbocycles. The molecule has 1 amide bonds. The Labute approximate surface area is 231 Å². The van der Waals surface area contributed by atoms with E-state index in [4.69, 9.17) is 19.9 Å². The Balaban J connectivity index is 0.000000708. The molecular formula is C29H31F3N4O4. The van der Waals surface area contributed by atoms with Crippen molar-refractivity contribution in [2.75, 3.05) is 46.7 Å². The summed E-state index contributed by atoms with van der Waals surface area (Å²) >= 11 is 0. The molecule has 0 saturated heterocycles. The van der Waals surface area contributed by atoms with Gasteiger partial charge < -0.3 is 25.0 Å². The Morgan fingerprint density at radius 1 is 0.950 bits per heavy atom. The van der Waals surface area contributed by atoms with Crippen LogP contribution in [0.2, 0.25) is 0 Å². The summed E-state index contributed by atoms with van der Waals surface area (Å²) in [7, 11) is 7.96. The number of aliphatic carboxylic acids is 1. The second-order valence-corrected chi connectivity index (χ2v) is 9.09. The molecule has 11 heteroatoms. The first-order valence-electron chi connectivity index (χ1n) is 12.1. The highest BCUT2D eigenvalue weighted by Crippen LogP contribution is 2.28. The molecule has 0 bridgehead atoms. The third-order valence-corrected chi connectivity index (χ3v) is 5.64. The van der Waals surface area contributed by atoms with Gasteiger partial charge in [-0.1, -0.05) is 18.2 Å². The average Bonchev–Trinajstić information content (AvgIpc) is 2.92. The van der Waals surface area contributed by atoms with Crippen LogP contribution in [0.4, 0.5) is 18.9 Å². The minimum atomic E-state index is -5.08. The highest BCUT2D eigenvalue weighted by Gasteiger charge is 2.38. The van der Waals surface area contributed by atoms with Gasteiger partial charge in [-0.25, -0.2) is 4.79 Å². The number of carbonyl (C=O) groups is 2. The van der Waals surface area contributed by atoms with Crippen LogP contribution in [0.5, 0.6) is 5.75 Å². The van der Waals surface area contributed by atoms with Gasteiger partial charge in [0.05, 0.1) is 18.7 Å². The van der Waals surface area contributed by atoms with Gasteiger partial charge in [0.25, 0.3) is 5.91 Å². The van der Waals surface area contributed by atoms with Crippen LogP contribution >= 0.6 is 0 Å². The van der Waals surface area contributed by atoms with E-state index in [1.807, 2.05) is 36.4 Å². The number of carboxylic acids is 1. The number of rotatable bonds is 9. The van der Waals surface area contributed by atoms with E-state index in [1.54, 1.807) is 31.4 Å². The zero-order chi connectivity index (χ0) is 29.9. The van der Waals surface area contributed by atoms with Gasteiger partial charge in [-0.2, -0.15) is 18.4 Å². The number of nitrogens with zero attached hydrogens (tertiary/aromatic N) is 3. The number of hydrogen-bond donors (Lipinski definition) is 2. The Bertz CT molecular complexity index is 1320. The standard InChI is InChI=1S/C27H30N4O2.C2HF3O2/c1-30(2)15-16-31(3)19-24-17-23(11-14-26(24)33-4)21-9-12-25(13-10-21)29-27(32)22-7-5-20(18-28)6-8-22;3-2(4,5)1(6)7/h5-14,17H,15-16,19H2,1-4H3,(H,29,32);(H,6,7). The molecule has 0 aliphatic rings. The maximum atomic E-state index is 12.5. The number of alkyl halides is 3. The van der Waals surface area contributed by atoms with Gasteiger partial charge in [-0.05, 0) is 80.8 Å². The number of benzene rings is 3. The number of nitrogens with one attached hydrogen (secondary N) is 1. The van der Waals surface area contributed by atoms with Crippen molar-refractivity contribution in [3.8, 4) is 22.9 Å². The number of halogens is 3. The van der Waals surface area contributed by atoms with Crippen LogP contribution in [-0.4, -0.2) is 74.3 Å². The highest BCUT2D eigenvalue weighted by molar-refractivity contribution is 6.04. The van der Waals surface area contributed by atoms with Crippen LogP contribution in [0, 0.1) is 11.3 Å². The second-order valence-electron chi connectivity index (χ2n) is 9.09. The number of methoxy groups -OCH3 is 1. The predicted molar refractivity (Wildman–Crippen MR) is 146 cm³/mol. The first-order chi connectivity index (χ1) is 18.8. The molecular weight excluding hydrogens is 525 g/mol. The Kier molecular flexibility index (Phi) is 11.7. The van der Waals surface area contributed by atoms with Crippen molar-refractivity contribution in [2.24, 2.45) is 0 Å². The lowest BCUT2D eigenvalue weighted by atomic mass is 10.0. The van der Waals surface area contributed by atoms with E-state index >= 15 is 0 Å². The number of ether oxygens (including phenoxy) is 1. The molecule has 0 aromatic heterocycles. The van der Waals surface area contributed by atoms with Crippen LogP contribution in [0.3, 0.4) is 0 Å². The number of likely N-dealkylation sites (N-methyl/N-ethyl adjacent to an activating group) is 2. The van der Waals surface area contributed by atoms with Gasteiger partial charge >= 0.3 is 12.1 Å². The van der Waals surface area contributed by atoms with E-state index in [9.17, 15) is 18.0 Å². The molecule has 0 aliphatic carbocycles. The van der Waals surface area contributed by atoms with Crippen molar-refractivity contribution in [2.45, 2.75) is 12.7 Å². The summed E-state index contributed by atoms with van der Waals surface area (Å²) in [4.78, 5) is 25.8. The Hall–Kier alpha value is -4.40. The summed E-state index contributed by atoms with van der Waals surface area (Å²) in [5.41, 5.74) is 5.04. The minimum Gasteiger partial charge on any atom is -0.496 e. The van der Waals surface area contributed by atoms with Crippen LogP contribution in [0.1, 0.15) is 21.5 Å². The molecule has 0 heterocycles. The smallest absolute Gasteiger partial charge is 0.490 e. The van der Waals surface area contributed by atoms with Gasteiger partial charge in [0.2, 0.25) is 0 Å². The zero-order valence-electron chi connectivity index (χ0n) is 22.6. The number of nitriles is 1. The fourth-order valence-corrected chi connectivity index (χ4v) is 3.47. The van der Waals surface area contributed by atoms with Crippen LogP contribution in [0.25, 0.3) is 11.1 Å². The summed E-state index contributed by atoms with van der Waals surface area (Å²) < 4.78 is 37.3. The SMILES string of the molecule is COc1ccc(-c2ccc(NC(=O)c3ccc(C#N)cc3)cc2)cc1CN(C)CCN(C)C.O=C(O)C(F)(F)F. The molecule has 0 fully saturated rings. The summed E-state index contributed by atoms with van der Waals surface area (Å²) in [6.45, 7) is 2.76. The molecule has 2 N–H and O–H groups in total. The molecule has 8 nitrogen and oxygen atoms in total. The van der Waals surface area contributed by atoms with E-state index in [1.165, 1.54) is 0 Å². The predicted octanol–water partition coefficient (Wildman–Crippen LogP) is 5.11. The number of hydrogen-bond acceptors (Lipinski definition) is 6. The summed E-state index contributed by atoms with van der Waals surface area (Å²) in [6.07, 6.45) is -5.08. The van der Waals surface area contributed by atoms with Crippen LogP contribution in [0.15, 0.2) is 66.7 Å². The zero-order valence-corrected chi connectivity index (χ0v) is 22.6. The van der Waals surface area contributed by atoms with E-state index in [2.05, 4.69) is 48.4 Å². The van der Waals surface area contributed by atoms with Crippen LogP contribution < -0.4 is 10.1 Å². The van der Waals surface area contributed by atoms with Crippen molar-refractivity contribution >= 4 is 17.6 Å². The van der Waals surface area contributed by atoms with Crippen molar-refractivity contribution in [3.63, 3.8) is 0 Å². The molecule has 3 rings (SSSR count). The van der Waals surface area contributed by atoms with Gasteiger partial charge in [0.1, 0.15) is 5.75 Å². The first-order valence-corrected chi connectivity index (χ1v) is 12.1. The molecule has 0 atom stereocenters. The fourth-order valence-electron chi connectivity index (χ4n) is 3.47. The van der Waals surface area contributed by atoms with Crippen molar-refractivity contribution in [3.05, 3.63) is 83.4 Å². The second kappa shape index (κ2) is 14.7. The third-order valence-electron chi connectivity index (χ3n) is 5.64. The average molecular weight is 557 g/mol. The lowest BCUT2D eigenvalue weighted by Gasteiger charge is -2.21. The van der Waals surface area contributed by atoms with E-state index in [0.29, 0.717) is 16.8 Å². The molecule has 0 unspecified atom stereocenters. The maximum Gasteiger partial charge on any atom is 0.490 e. The molecule has 0 aliphatic heterocycles. The molecule has 0 spiro atoms. The number of carboxylic acid groups (broad SMARTS) is 1. The molecule has 0 radical (unpaired) electrons. The summed E-state index contributed by atoms with van der Waals surface area (Å²) in [6, 6.07) is 22.6. The van der Waals surface area contributed by atoms with Crippen molar-refractivity contribution in [1.29, 1.82) is 5.26 Å². The monoisotopic (exact) mass is 556 g/mol. The molecule has 3 aromatic carbocycles. The number of amides is 1. The maximum absolute atomic E-state index is 12.5. The third kappa shape index (κ3) is 10.1. The Morgan fingerprint density at radius 3 is 2.02 bits per heavy atom. The van der Waals surface area contributed by atoms with E-state index < -0.39 is 12.1 Å². The van der Waals surface area contributed by atoms with E-state index in [-0.39, 0.29) is 5.91 Å². The molecule has 212 valence electrons. The van der Waals surface area contributed by atoms with Crippen molar-refractivity contribution in [1.82, 2.24) is 9.80 Å². The normalized spacial score (nSPS) is 10.9. The highest BCUT2D eigenvalue weighted by atomic mass is 19.4. The van der Waals surface area contributed by atoms with Gasteiger partial charge in [0.15, 0.2) is 0 Å². The Morgan fingerprint density at radius 2 is 1.52 bits per heavy atom. The van der Waals surface area contributed by atoms with Gasteiger partial charge in [0, 0.05) is 36.4 Å². The van der Waals surface area contributed by atoms with Crippen molar-refractivity contribution < 1.29 is 32.6 Å². The minimum absolute atomic E-state index is 0.209. The lowest BCUT2D eigenvalue weighted by Crippen LogP contribution is -2.28. The van der Waals surface area contributed by atoms with Gasteiger partial charge in [-0.15, -0.1) is 0 Å². The van der Waals surface area contributed by atoms with Gasteiger partial charge in [-0.3, -0.25) is 4.79 Å². The topological polar surface area (TPSA) is 106 Å². The van der Waals surface area contributed by atoms with E-state index in [0.717, 1.165) is 42.1 Å². The lowest BCUT2D eigenvalue weighted by molar-refractivity contribution is -0.192. The number of carbonyl (C=O) groups excluding carboxylic acids is 1. The fraction of sp³-hybridized carbons (Fsp3) is 0.276.